The smallest absolute Gasteiger partial charge is 0.286 e. The molecule has 1 aromatic heterocycles. The van der Waals surface area contributed by atoms with Crippen molar-refractivity contribution >= 4 is 40.6 Å². The van der Waals surface area contributed by atoms with E-state index in [1.54, 1.807) is 0 Å². The lowest BCUT2D eigenvalue weighted by molar-refractivity contribution is -0.130. The third kappa shape index (κ3) is 5.03. The third-order valence-corrected chi connectivity index (χ3v) is 6.16. The van der Waals surface area contributed by atoms with Gasteiger partial charge in [-0.3, -0.25) is 9.59 Å². The molecule has 2 aromatic rings. The van der Waals surface area contributed by atoms with E-state index in [1.807, 2.05) is 35.2 Å². The first-order valence-corrected chi connectivity index (χ1v) is 10.3. The fourth-order valence-electron chi connectivity index (χ4n) is 2.59. The Balaban J connectivity index is 1.47. The van der Waals surface area contributed by atoms with Gasteiger partial charge in [-0.25, -0.2) is 0 Å². The van der Waals surface area contributed by atoms with Gasteiger partial charge < -0.3 is 15.1 Å². The Morgan fingerprint density at radius 2 is 1.88 bits per heavy atom. The highest BCUT2D eigenvalue weighted by Gasteiger charge is 2.21. The van der Waals surface area contributed by atoms with Crippen molar-refractivity contribution in [1.29, 1.82) is 0 Å². The number of thioether (sulfide) groups is 1. The first-order chi connectivity index (χ1) is 12.7. The van der Waals surface area contributed by atoms with Gasteiger partial charge in [0.25, 0.3) is 5.91 Å². The first kappa shape index (κ1) is 18.8. The Labute approximate surface area is 160 Å². The van der Waals surface area contributed by atoms with E-state index in [1.165, 1.54) is 23.1 Å². The molecular formula is C17H21N5O2S2. The molecule has 2 heterocycles. The molecule has 1 N–H and O–H groups in total. The van der Waals surface area contributed by atoms with E-state index < -0.39 is 0 Å². The number of carbonyl (C=O) groups excluding carboxylic acids is 2. The quantitative estimate of drug-likeness (QED) is 0.760. The minimum Gasteiger partial charge on any atom is -0.339 e. The maximum atomic E-state index is 12.3. The fraction of sp³-hybridized carbons (Fsp3) is 0.412. The highest BCUT2D eigenvalue weighted by Crippen LogP contribution is 2.23. The van der Waals surface area contributed by atoms with Gasteiger partial charge in [-0.2, -0.15) is 0 Å². The largest absolute Gasteiger partial charge is 0.339 e. The highest BCUT2D eigenvalue weighted by molar-refractivity contribution is 8.01. The van der Waals surface area contributed by atoms with Crippen molar-refractivity contribution in [2.75, 3.05) is 43.8 Å². The second-order valence-electron chi connectivity index (χ2n) is 5.80. The van der Waals surface area contributed by atoms with Crippen LogP contribution in [0.3, 0.4) is 0 Å². The zero-order chi connectivity index (χ0) is 18.4. The molecule has 7 nitrogen and oxygen atoms in total. The van der Waals surface area contributed by atoms with Crippen LogP contribution in [0, 0.1) is 0 Å². The van der Waals surface area contributed by atoms with Crippen LogP contribution in [-0.4, -0.2) is 70.3 Å². The minimum atomic E-state index is -0.289. The zero-order valence-electron chi connectivity index (χ0n) is 14.6. The monoisotopic (exact) mass is 391 g/mol. The number of aromatic nitrogens is 2. The van der Waals surface area contributed by atoms with E-state index in [9.17, 15) is 9.59 Å². The van der Waals surface area contributed by atoms with Crippen LogP contribution in [0.25, 0.3) is 0 Å². The zero-order valence-corrected chi connectivity index (χ0v) is 16.2. The molecule has 138 valence electrons. The summed E-state index contributed by atoms with van der Waals surface area (Å²) < 4.78 is 0.628. The Kier molecular flexibility index (Phi) is 6.59. The molecule has 26 heavy (non-hydrogen) atoms. The maximum Gasteiger partial charge on any atom is 0.286 e. The van der Waals surface area contributed by atoms with E-state index in [0.717, 1.165) is 32.7 Å². The van der Waals surface area contributed by atoms with Crippen molar-refractivity contribution in [3.8, 4) is 0 Å². The average Bonchev–Trinajstić information content (AvgIpc) is 3.16. The number of carbonyl (C=O) groups is 2. The molecule has 1 aliphatic rings. The Morgan fingerprint density at radius 3 is 2.58 bits per heavy atom. The predicted molar refractivity (Wildman–Crippen MR) is 104 cm³/mol. The molecule has 2 amide bonds. The van der Waals surface area contributed by atoms with Crippen molar-refractivity contribution < 1.29 is 9.59 Å². The molecule has 0 aliphatic carbocycles. The summed E-state index contributed by atoms with van der Waals surface area (Å²) in [4.78, 5) is 28.7. The second-order valence-corrected chi connectivity index (χ2v) is 8.00. The number of rotatable bonds is 6. The summed E-state index contributed by atoms with van der Waals surface area (Å²) in [6, 6.07) is 9.21. The van der Waals surface area contributed by atoms with Gasteiger partial charge in [-0.15, -0.1) is 10.2 Å². The number of likely N-dealkylation sites (N-methyl/N-ethyl adjacent to an activating group) is 1. The number of hydrogen-bond donors (Lipinski definition) is 1. The van der Waals surface area contributed by atoms with Gasteiger partial charge in [0, 0.05) is 31.9 Å². The molecule has 0 saturated carbocycles. The van der Waals surface area contributed by atoms with Crippen LogP contribution < -0.4 is 5.32 Å². The van der Waals surface area contributed by atoms with Gasteiger partial charge in [-0.1, -0.05) is 48.2 Å². The number of benzene rings is 1. The topological polar surface area (TPSA) is 78.4 Å². The number of nitrogens with one attached hydrogen (secondary N) is 1. The molecule has 9 heteroatoms. The molecule has 0 spiro atoms. The van der Waals surface area contributed by atoms with E-state index in [-0.39, 0.29) is 11.8 Å². The van der Waals surface area contributed by atoms with Crippen LogP contribution in [0.5, 0.6) is 0 Å². The lowest BCUT2D eigenvalue weighted by atomic mass is 10.3. The fourth-order valence-corrected chi connectivity index (χ4v) is 4.24. The van der Waals surface area contributed by atoms with Crippen LogP contribution >= 0.6 is 23.1 Å². The van der Waals surface area contributed by atoms with Crippen LogP contribution in [0.4, 0.5) is 5.69 Å². The molecule has 0 bridgehead atoms. The Morgan fingerprint density at radius 1 is 1.15 bits per heavy atom. The standard InChI is InChI=1S/C17H21N5O2S2/c1-2-21-8-10-22(11-9-21)14(23)12-25-17-20-19-16(26-17)15(24)18-13-6-4-3-5-7-13/h3-7H,2,8-12H2,1H3,(H,18,24). The summed E-state index contributed by atoms with van der Waals surface area (Å²) in [7, 11) is 0. The molecule has 0 atom stereocenters. The summed E-state index contributed by atoms with van der Waals surface area (Å²) in [5.74, 6) is 0.139. The number of hydrogen-bond acceptors (Lipinski definition) is 7. The number of amides is 2. The molecule has 3 rings (SSSR count). The normalized spacial score (nSPS) is 15.0. The minimum absolute atomic E-state index is 0.108. The van der Waals surface area contributed by atoms with Crippen molar-refractivity contribution in [1.82, 2.24) is 20.0 Å². The van der Waals surface area contributed by atoms with Crippen LogP contribution in [0.1, 0.15) is 16.7 Å². The molecule has 0 unspecified atom stereocenters. The van der Waals surface area contributed by atoms with Gasteiger partial charge in [-0.05, 0) is 18.7 Å². The third-order valence-electron chi connectivity index (χ3n) is 4.12. The molecule has 1 aliphatic heterocycles. The van der Waals surface area contributed by atoms with E-state index >= 15 is 0 Å². The molecule has 1 fully saturated rings. The first-order valence-electron chi connectivity index (χ1n) is 8.48. The van der Waals surface area contributed by atoms with Gasteiger partial charge >= 0.3 is 0 Å². The van der Waals surface area contributed by atoms with Crippen molar-refractivity contribution in [3.63, 3.8) is 0 Å². The van der Waals surface area contributed by atoms with Crippen molar-refractivity contribution in [2.24, 2.45) is 0 Å². The number of nitrogens with zero attached hydrogens (tertiary/aromatic N) is 4. The molecule has 1 aromatic carbocycles. The lowest BCUT2D eigenvalue weighted by Crippen LogP contribution is -2.49. The summed E-state index contributed by atoms with van der Waals surface area (Å²) in [6.07, 6.45) is 0. The van der Waals surface area contributed by atoms with Crippen LogP contribution in [0.15, 0.2) is 34.7 Å². The average molecular weight is 392 g/mol. The van der Waals surface area contributed by atoms with Gasteiger partial charge in [0.2, 0.25) is 10.9 Å². The van der Waals surface area contributed by atoms with Crippen LogP contribution in [0.2, 0.25) is 0 Å². The maximum absolute atomic E-state index is 12.3. The van der Waals surface area contributed by atoms with Crippen LogP contribution in [-0.2, 0) is 4.79 Å². The predicted octanol–water partition coefficient (Wildman–Crippen LogP) is 2.05. The summed E-state index contributed by atoms with van der Waals surface area (Å²) in [5, 5.41) is 11.0. The lowest BCUT2D eigenvalue weighted by Gasteiger charge is -2.33. The van der Waals surface area contributed by atoms with Crippen molar-refractivity contribution in [3.05, 3.63) is 35.3 Å². The molecule has 1 saturated heterocycles. The van der Waals surface area contributed by atoms with Gasteiger partial charge in [0.1, 0.15) is 0 Å². The summed E-state index contributed by atoms with van der Waals surface area (Å²) in [5.41, 5.74) is 0.711. The second kappa shape index (κ2) is 9.11. The summed E-state index contributed by atoms with van der Waals surface area (Å²) >= 11 is 2.54. The van der Waals surface area contributed by atoms with E-state index in [2.05, 4.69) is 27.3 Å². The summed E-state index contributed by atoms with van der Waals surface area (Å²) in [6.45, 7) is 6.55. The Bertz CT molecular complexity index is 745. The molecule has 0 radical (unpaired) electrons. The number of para-hydroxylation sites is 1. The van der Waals surface area contributed by atoms with Crippen molar-refractivity contribution in [2.45, 2.75) is 11.3 Å². The number of piperazine rings is 1. The Hall–Kier alpha value is -1.97. The SMILES string of the molecule is CCN1CCN(C(=O)CSc2nnc(C(=O)Nc3ccccc3)s2)CC1. The van der Waals surface area contributed by atoms with Gasteiger partial charge in [0.05, 0.1) is 5.75 Å². The molecular weight excluding hydrogens is 370 g/mol. The highest BCUT2D eigenvalue weighted by atomic mass is 32.2. The number of anilines is 1. The van der Waals surface area contributed by atoms with E-state index in [4.69, 9.17) is 0 Å². The van der Waals surface area contributed by atoms with E-state index in [0.29, 0.717) is 20.8 Å². The van der Waals surface area contributed by atoms with Gasteiger partial charge in [0.15, 0.2) is 4.34 Å².